The van der Waals surface area contributed by atoms with Gasteiger partial charge in [-0.25, -0.2) is 0 Å². The highest BCUT2D eigenvalue weighted by Gasteiger charge is 2.26. The van der Waals surface area contributed by atoms with Crippen molar-refractivity contribution in [2.24, 2.45) is 0 Å². The molecule has 2 nitrogen and oxygen atoms in total. The van der Waals surface area contributed by atoms with Crippen molar-refractivity contribution in [1.82, 2.24) is 5.32 Å². The Bertz CT molecular complexity index is 660. The molecule has 130 valence electrons. The summed E-state index contributed by atoms with van der Waals surface area (Å²) in [6.45, 7) is 2.17. The molecule has 2 heteroatoms. The van der Waals surface area contributed by atoms with Gasteiger partial charge in [-0.1, -0.05) is 86.0 Å². The summed E-state index contributed by atoms with van der Waals surface area (Å²) in [5, 5.41) is 3.17. The van der Waals surface area contributed by atoms with Gasteiger partial charge in [0.25, 0.3) is 0 Å². The molecule has 25 heavy (non-hydrogen) atoms. The third-order valence-electron chi connectivity index (χ3n) is 5.27. The first-order valence-corrected chi connectivity index (χ1v) is 9.29. The van der Waals surface area contributed by atoms with Crippen LogP contribution in [-0.2, 0) is 10.2 Å². The molecule has 2 aromatic rings. The molecule has 1 N–H and O–H groups in total. The van der Waals surface area contributed by atoms with Gasteiger partial charge in [-0.2, -0.15) is 0 Å². The minimum atomic E-state index is -0.327. The zero-order chi connectivity index (χ0) is 17.5. The molecule has 1 fully saturated rings. The van der Waals surface area contributed by atoms with E-state index in [0.717, 1.165) is 12.8 Å². The van der Waals surface area contributed by atoms with Crippen molar-refractivity contribution in [3.8, 4) is 0 Å². The Morgan fingerprint density at radius 3 is 1.96 bits per heavy atom. The summed E-state index contributed by atoms with van der Waals surface area (Å²) in [4.78, 5) is 12.4. The molecule has 1 aliphatic rings. The lowest BCUT2D eigenvalue weighted by molar-refractivity contribution is -0.117. The molecule has 0 saturated heterocycles. The first-order valence-electron chi connectivity index (χ1n) is 9.29. The molecule has 1 amide bonds. The van der Waals surface area contributed by atoms with Crippen LogP contribution < -0.4 is 5.32 Å². The molecule has 0 aliphatic heterocycles. The number of carbonyl (C=O) groups excluding carboxylic acids is 1. The largest absolute Gasteiger partial charge is 0.350 e. The highest BCUT2D eigenvalue weighted by atomic mass is 16.1. The third kappa shape index (κ3) is 4.39. The number of hydrogen-bond acceptors (Lipinski definition) is 1. The Morgan fingerprint density at radius 2 is 1.44 bits per heavy atom. The van der Waals surface area contributed by atoms with Crippen LogP contribution in [0, 0.1) is 0 Å². The SMILES string of the molecule is CC(C=CC(=O)NC1CCCCC1)(c1ccccc1)c1ccccc1. The summed E-state index contributed by atoms with van der Waals surface area (Å²) in [5.41, 5.74) is 2.04. The van der Waals surface area contributed by atoms with E-state index in [2.05, 4.69) is 36.5 Å². The minimum absolute atomic E-state index is 0.0185. The van der Waals surface area contributed by atoms with Crippen LogP contribution in [0.2, 0.25) is 0 Å². The number of rotatable bonds is 5. The molecule has 0 heterocycles. The maximum absolute atomic E-state index is 12.4. The van der Waals surface area contributed by atoms with Crippen LogP contribution in [-0.4, -0.2) is 11.9 Å². The van der Waals surface area contributed by atoms with E-state index in [1.165, 1.54) is 30.4 Å². The highest BCUT2D eigenvalue weighted by Crippen LogP contribution is 2.33. The van der Waals surface area contributed by atoms with Crippen molar-refractivity contribution in [3.05, 3.63) is 83.9 Å². The monoisotopic (exact) mass is 333 g/mol. The second-order valence-corrected chi connectivity index (χ2v) is 7.11. The van der Waals surface area contributed by atoms with Gasteiger partial charge in [0, 0.05) is 17.5 Å². The maximum Gasteiger partial charge on any atom is 0.243 e. The van der Waals surface area contributed by atoms with Crippen LogP contribution >= 0.6 is 0 Å². The quantitative estimate of drug-likeness (QED) is 0.767. The molecule has 1 saturated carbocycles. The number of hydrogen-bond donors (Lipinski definition) is 1. The Labute approximate surface area is 151 Å². The van der Waals surface area contributed by atoms with Gasteiger partial charge >= 0.3 is 0 Å². The number of amides is 1. The summed E-state index contributed by atoms with van der Waals surface area (Å²) < 4.78 is 0. The Balaban J connectivity index is 1.81. The summed E-state index contributed by atoms with van der Waals surface area (Å²) in [6, 6.07) is 21.1. The van der Waals surface area contributed by atoms with Gasteiger partial charge in [0.1, 0.15) is 0 Å². The van der Waals surface area contributed by atoms with E-state index in [1.54, 1.807) is 6.08 Å². The summed E-state index contributed by atoms with van der Waals surface area (Å²) in [7, 11) is 0. The predicted octanol–water partition coefficient (Wildman–Crippen LogP) is 5.00. The number of allylic oxidation sites excluding steroid dienone is 1. The molecule has 3 rings (SSSR count). The van der Waals surface area contributed by atoms with Crippen molar-refractivity contribution < 1.29 is 4.79 Å². The van der Waals surface area contributed by atoms with Gasteiger partial charge < -0.3 is 5.32 Å². The van der Waals surface area contributed by atoms with E-state index in [4.69, 9.17) is 0 Å². The fraction of sp³-hybridized carbons (Fsp3) is 0.348. The number of benzene rings is 2. The van der Waals surface area contributed by atoms with Gasteiger partial charge in [0.2, 0.25) is 5.91 Å². The maximum atomic E-state index is 12.4. The molecule has 0 unspecified atom stereocenters. The number of nitrogens with one attached hydrogen (secondary N) is 1. The molecule has 0 bridgehead atoms. The van der Waals surface area contributed by atoms with Gasteiger partial charge in [-0.3, -0.25) is 4.79 Å². The standard InChI is InChI=1S/C23H27NO/c1-23(19-11-5-2-6-12-19,20-13-7-3-8-14-20)18-17-22(25)24-21-15-9-4-10-16-21/h2-3,5-8,11-14,17-18,21H,4,9-10,15-16H2,1H3,(H,24,25). The minimum Gasteiger partial charge on any atom is -0.350 e. The van der Waals surface area contributed by atoms with Crippen LogP contribution in [0.3, 0.4) is 0 Å². The molecule has 0 aromatic heterocycles. The van der Waals surface area contributed by atoms with E-state index in [0.29, 0.717) is 6.04 Å². The van der Waals surface area contributed by atoms with E-state index in [-0.39, 0.29) is 11.3 Å². The lowest BCUT2D eigenvalue weighted by Gasteiger charge is -2.28. The molecule has 2 aromatic carbocycles. The molecular weight excluding hydrogens is 306 g/mol. The Morgan fingerprint density at radius 1 is 0.920 bits per heavy atom. The third-order valence-corrected chi connectivity index (χ3v) is 5.27. The van der Waals surface area contributed by atoms with Crippen LogP contribution in [0.25, 0.3) is 0 Å². The van der Waals surface area contributed by atoms with Gasteiger partial charge in [-0.05, 0) is 30.9 Å². The zero-order valence-corrected chi connectivity index (χ0v) is 14.9. The van der Waals surface area contributed by atoms with Gasteiger partial charge in [0.05, 0.1) is 0 Å². The van der Waals surface area contributed by atoms with E-state index in [9.17, 15) is 4.79 Å². The van der Waals surface area contributed by atoms with Crippen molar-refractivity contribution in [2.75, 3.05) is 0 Å². The Kier molecular flexibility index (Phi) is 5.70. The second-order valence-electron chi connectivity index (χ2n) is 7.11. The first kappa shape index (κ1) is 17.5. The number of carbonyl (C=O) groups is 1. The van der Waals surface area contributed by atoms with Crippen LogP contribution in [0.15, 0.2) is 72.8 Å². The predicted molar refractivity (Wildman–Crippen MR) is 103 cm³/mol. The van der Waals surface area contributed by atoms with Crippen molar-refractivity contribution in [2.45, 2.75) is 50.5 Å². The lowest BCUT2D eigenvalue weighted by atomic mass is 9.76. The smallest absolute Gasteiger partial charge is 0.243 e. The average Bonchev–Trinajstić information content (AvgIpc) is 2.68. The molecule has 0 spiro atoms. The van der Waals surface area contributed by atoms with Gasteiger partial charge in [-0.15, -0.1) is 0 Å². The first-order chi connectivity index (χ1) is 12.2. The summed E-state index contributed by atoms with van der Waals surface area (Å²) >= 11 is 0. The lowest BCUT2D eigenvalue weighted by Crippen LogP contribution is -2.35. The van der Waals surface area contributed by atoms with Crippen LogP contribution in [0.5, 0.6) is 0 Å². The van der Waals surface area contributed by atoms with E-state index >= 15 is 0 Å². The molecule has 0 radical (unpaired) electrons. The zero-order valence-electron chi connectivity index (χ0n) is 14.9. The molecular formula is C23H27NO. The second kappa shape index (κ2) is 8.15. The van der Waals surface area contributed by atoms with Crippen molar-refractivity contribution >= 4 is 5.91 Å². The van der Waals surface area contributed by atoms with Crippen molar-refractivity contribution in [3.63, 3.8) is 0 Å². The fourth-order valence-corrected chi connectivity index (χ4v) is 3.67. The Hall–Kier alpha value is -2.35. The topological polar surface area (TPSA) is 29.1 Å². The van der Waals surface area contributed by atoms with E-state index < -0.39 is 0 Å². The molecule has 1 aliphatic carbocycles. The summed E-state index contributed by atoms with van der Waals surface area (Å²) in [5.74, 6) is 0.0185. The van der Waals surface area contributed by atoms with Crippen molar-refractivity contribution in [1.29, 1.82) is 0 Å². The van der Waals surface area contributed by atoms with Gasteiger partial charge in [0.15, 0.2) is 0 Å². The summed E-state index contributed by atoms with van der Waals surface area (Å²) in [6.07, 6.45) is 9.70. The average molecular weight is 333 g/mol. The van der Waals surface area contributed by atoms with Crippen LogP contribution in [0.1, 0.15) is 50.2 Å². The fourth-order valence-electron chi connectivity index (χ4n) is 3.67. The van der Waals surface area contributed by atoms with E-state index in [1.807, 2.05) is 42.5 Å². The molecule has 0 atom stereocenters. The highest BCUT2D eigenvalue weighted by molar-refractivity contribution is 5.88. The van der Waals surface area contributed by atoms with Crippen LogP contribution in [0.4, 0.5) is 0 Å². The normalized spacial score (nSPS) is 16.0.